The van der Waals surface area contributed by atoms with Crippen molar-refractivity contribution >= 4 is 5.97 Å². The molecule has 0 radical (unpaired) electrons. The Hall–Kier alpha value is -1.89. The molecular weight excluding hydrogens is 324 g/mol. The summed E-state index contributed by atoms with van der Waals surface area (Å²) in [6.07, 6.45) is 3.22. The van der Waals surface area contributed by atoms with Gasteiger partial charge in [-0.1, -0.05) is 18.2 Å². The molecule has 6 nitrogen and oxygen atoms in total. The van der Waals surface area contributed by atoms with E-state index < -0.39 is 11.8 Å². The highest BCUT2D eigenvalue weighted by Crippen LogP contribution is 2.27. The number of benzene rings is 1. The van der Waals surface area contributed by atoms with Crippen LogP contribution in [0.25, 0.3) is 0 Å². The van der Waals surface area contributed by atoms with Crippen molar-refractivity contribution in [1.82, 2.24) is 0 Å². The van der Waals surface area contributed by atoms with Crippen LogP contribution in [0.3, 0.4) is 0 Å². The Morgan fingerprint density at radius 3 is 2.60 bits per heavy atom. The molecule has 0 saturated carbocycles. The molecule has 6 heteroatoms. The lowest BCUT2D eigenvalue weighted by atomic mass is 10.1. The van der Waals surface area contributed by atoms with E-state index in [-0.39, 0.29) is 12.2 Å². The molecule has 0 amide bonds. The van der Waals surface area contributed by atoms with Crippen LogP contribution in [-0.2, 0) is 30.3 Å². The van der Waals surface area contributed by atoms with Gasteiger partial charge in [0.15, 0.2) is 5.79 Å². The fraction of sp³-hybridized carbons (Fsp3) is 0.526. The van der Waals surface area contributed by atoms with Crippen molar-refractivity contribution in [2.45, 2.75) is 44.9 Å². The molecule has 2 rings (SSSR count). The van der Waals surface area contributed by atoms with E-state index in [0.717, 1.165) is 11.3 Å². The molecule has 1 aromatic rings. The maximum Gasteiger partial charge on any atom is 0.330 e. The highest BCUT2D eigenvalue weighted by atomic mass is 16.7. The molecular formula is C19H26O6. The fourth-order valence-electron chi connectivity index (χ4n) is 2.52. The van der Waals surface area contributed by atoms with Crippen molar-refractivity contribution in [3.63, 3.8) is 0 Å². The normalized spacial score (nSPS) is 20.6. The number of methoxy groups -OCH3 is 2. The lowest BCUT2D eigenvalue weighted by Crippen LogP contribution is -2.32. The van der Waals surface area contributed by atoms with E-state index in [2.05, 4.69) is 4.74 Å². The van der Waals surface area contributed by atoms with Crippen LogP contribution < -0.4 is 4.74 Å². The Bertz CT molecular complexity index is 578. The first-order valence-corrected chi connectivity index (χ1v) is 8.24. The summed E-state index contributed by atoms with van der Waals surface area (Å²) in [5.74, 6) is -0.216. The third-order valence-corrected chi connectivity index (χ3v) is 3.89. The lowest BCUT2D eigenvalue weighted by molar-refractivity contribution is -0.157. The first-order chi connectivity index (χ1) is 11.9. The highest BCUT2D eigenvalue weighted by molar-refractivity contribution is 5.81. The summed E-state index contributed by atoms with van der Waals surface area (Å²) in [5, 5.41) is 0. The maximum atomic E-state index is 11.2. The number of hydrogen-bond donors (Lipinski definition) is 0. The average molecular weight is 350 g/mol. The van der Waals surface area contributed by atoms with E-state index >= 15 is 0 Å². The van der Waals surface area contributed by atoms with Gasteiger partial charge < -0.3 is 23.7 Å². The Morgan fingerprint density at radius 2 is 2.04 bits per heavy atom. The third-order valence-electron chi connectivity index (χ3n) is 3.89. The van der Waals surface area contributed by atoms with E-state index in [0.29, 0.717) is 19.6 Å². The van der Waals surface area contributed by atoms with Crippen molar-refractivity contribution in [3.05, 3.63) is 42.0 Å². The monoisotopic (exact) mass is 350 g/mol. The Labute approximate surface area is 148 Å². The quantitative estimate of drug-likeness (QED) is 0.531. The molecule has 1 aromatic carbocycles. The van der Waals surface area contributed by atoms with Gasteiger partial charge in [-0.3, -0.25) is 0 Å². The summed E-state index contributed by atoms with van der Waals surface area (Å²) in [5.41, 5.74) is 1.03. The van der Waals surface area contributed by atoms with E-state index in [1.807, 2.05) is 38.1 Å². The molecule has 1 saturated heterocycles. The number of carbonyl (C=O) groups excluding carboxylic acids is 1. The zero-order valence-electron chi connectivity index (χ0n) is 15.2. The van der Waals surface area contributed by atoms with E-state index in [9.17, 15) is 4.79 Å². The zero-order chi connectivity index (χ0) is 18.3. The molecule has 25 heavy (non-hydrogen) atoms. The van der Waals surface area contributed by atoms with Crippen LogP contribution in [-0.4, -0.2) is 44.8 Å². The van der Waals surface area contributed by atoms with Gasteiger partial charge in [-0.15, -0.1) is 0 Å². The molecule has 1 aliphatic rings. The Morgan fingerprint density at radius 1 is 1.32 bits per heavy atom. The summed E-state index contributed by atoms with van der Waals surface area (Å²) in [4.78, 5) is 11.2. The molecule has 0 aromatic heterocycles. The highest BCUT2D eigenvalue weighted by Gasteiger charge is 2.37. The molecule has 1 fully saturated rings. The number of rotatable bonds is 8. The summed E-state index contributed by atoms with van der Waals surface area (Å²) < 4.78 is 27.3. The second-order valence-corrected chi connectivity index (χ2v) is 6.23. The molecule has 0 bridgehead atoms. The van der Waals surface area contributed by atoms with Crippen molar-refractivity contribution in [2.24, 2.45) is 0 Å². The SMILES string of the molecule is COC(=O)C=CCC(OCc1ccc(OC)cc1)C1COC(C)(C)O1. The number of hydrogen-bond acceptors (Lipinski definition) is 6. The summed E-state index contributed by atoms with van der Waals surface area (Å²) in [7, 11) is 2.98. The number of carbonyl (C=O) groups is 1. The third kappa shape index (κ3) is 6.16. The van der Waals surface area contributed by atoms with E-state index in [4.69, 9.17) is 18.9 Å². The van der Waals surface area contributed by atoms with Gasteiger partial charge in [0, 0.05) is 6.08 Å². The number of ether oxygens (including phenoxy) is 5. The van der Waals surface area contributed by atoms with Crippen molar-refractivity contribution in [3.8, 4) is 5.75 Å². The first kappa shape index (κ1) is 19.4. The summed E-state index contributed by atoms with van der Waals surface area (Å²) in [6.45, 7) is 4.63. The number of esters is 1. The molecule has 0 spiro atoms. The predicted molar refractivity (Wildman–Crippen MR) is 92.2 cm³/mol. The standard InChI is InChI=1S/C19H26O6/c1-19(2)24-13-17(25-19)16(6-5-7-18(20)22-4)23-12-14-8-10-15(21-3)11-9-14/h5,7-11,16-17H,6,12-13H2,1-4H3. The first-order valence-electron chi connectivity index (χ1n) is 8.24. The summed E-state index contributed by atoms with van der Waals surface area (Å²) in [6, 6.07) is 7.69. The predicted octanol–water partition coefficient (Wildman–Crippen LogP) is 2.85. The van der Waals surface area contributed by atoms with Crippen LogP contribution in [0.15, 0.2) is 36.4 Å². The van der Waals surface area contributed by atoms with Crippen LogP contribution in [0.4, 0.5) is 0 Å². The van der Waals surface area contributed by atoms with Gasteiger partial charge in [-0.2, -0.15) is 0 Å². The molecule has 1 heterocycles. The Balaban J connectivity index is 1.97. The molecule has 138 valence electrons. The largest absolute Gasteiger partial charge is 0.497 e. The second-order valence-electron chi connectivity index (χ2n) is 6.23. The average Bonchev–Trinajstić information content (AvgIpc) is 2.97. The zero-order valence-corrected chi connectivity index (χ0v) is 15.2. The fourth-order valence-corrected chi connectivity index (χ4v) is 2.52. The van der Waals surface area contributed by atoms with Gasteiger partial charge in [0.2, 0.25) is 0 Å². The minimum absolute atomic E-state index is 0.199. The van der Waals surface area contributed by atoms with Crippen molar-refractivity contribution in [2.75, 3.05) is 20.8 Å². The van der Waals surface area contributed by atoms with Crippen molar-refractivity contribution < 1.29 is 28.5 Å². The van der Waals surface area contributed by atoms with Gasteiger partial charge in [-0.05, 0) is 38.0 Å². The lowest BCUT2D eigenvalue weighted by Gasteiger charge is -2.24. The van der Waals surface area contributed by atoms with Crippen LogP contribution in [0.5, 0.6) is 5.75 Å². The molecule has 2 unspecified atom stereocenters. The van der Waals surface area contributed by atoms with Gasteiger partial charge >= 0.3 is 5.97 Å². The molecule has 2 atom stereocenters. The minimum atomic E-state index is -0.627. The van der Waals surface area contributed by atoms with Crippen LogP contribution >= 0.6 is 0 Å². The van der Waals surface area contributed by atoms with Gasteiger partial charge in [0.1, 0.15) is 11.9 Å². The Kier molecular flexibility index (Phi) is 6.99. The molecule has 1 aliphatic heterocycles. The topological polar surface area (TPSA) is 63.2 Å². The maximum absolute atomic E-state index is 11.2. The van der Waals surface area contributed by atoms with Gasteiger partial charge in [0.05, 0.1) is 33.5 Å². The summed E-state index contributed by atoms with van der Waals surface area (Å²) >= 11 is 0. The van der Waals surface area contributed by atoms with Crippen molar-refractivity contribution in [1.29, 1.82) is 0 Å². The van der Waals surface area contributed by atoms with E-state index in [1.165, 1.54) is 13.2 Å². The second kappa shape index (κ2) is 8.99. The van der Waals surface area contributed by atoms with Crippen LogP contribution in [0, 0.1) is 0 Å². The van der Waals surface area contributed by atoms with Crippen LogP contribution in [0.1, 0.15) is 25.8 Å². The van der Waals surface area contributed by atoms with E-state index in [1.54, 1.807) is 13.2 Å². The van der Waals surface area contributed by atoms with Gasteiger partial charge in [-0.25, -0.2) is 4.79 Å². The minimum Gasteiger partial charge on any atom is -0.497 e. The smallest absolute Gasteiger partial charge is 0.330 e. The van der Waals surface area contributed by atoms with Gasteiger partial charge in [0.25, 0.3) is 0 Å². The van der Waals surface area contributed by atoms with Crippen LogP contribution in [0.2, 0.25) is 0 Å². The molecule has 0 N–H and O–H groups in total. The molecule has 0 aliphatic carbocycles.